The van der Waals surface area contributed by atoms with E-state index in [1.54, 1.807) is 0 Å². The average Bonchev–Trinajstić information content (AvgIpc) is 3.10. The highest BCUT2D eigenvalue weighted by Gasteiger charge is 2.30. The number of alkyl halides is 2. The van der Waals surface area contributed by atoms with E-state index in [-0.39, 0.29) is 36.3 Å². The number of guanidine groups is 1. The predicted molar refractivity (Wildman–Crippen MR) is 124 cm³/mol. The second-order valence-corrected chi connectivity index (χ2v) is 7.69. The van der Waals surface area contributed by atoms with Gasteiger partial charge in [0.05, 0.1) is 5.54 Å². The molecule has 11 heteroatoms. The van der Waals surface area contributed by atoms with Crippen LogP contribution in [0.1, 0.15) is 66.8 Å². The van der Waals surface area contributed by atoms with Crippen LogP contribution in [0.15, 0.2) is 17.4 Å². The molecule has 0 aliphatic heterocycles. The van der Waals surface area contributed by atoms with Gasteiger partial charge in [0.15, 0.2) is 5.96 Å². The first-order valence-corrected chi connectivity index (χ1v) is 9.89. The third-order valence-electron chi connectivity index (χ3n) is 4.40. The number of halogens is 3. The summed E-state index contributed by atoms with van der Waals surface area (Å²) in [4.78, 5) is 20.5. The summed E-state index contributed by atoms with van der Waals surface area (Å²) in [6.07, 6.45) is 3.40. The van der Waals surface area contributed by atoms with Gasteiger partial charge in [0.2, 0.25) is 0 Å². The van der Waals surface area contributed by atoms with Crippen molar-refractivity contribution >= 4 is 36.0 Å². The van der Waals surface area contributed by atoms with E-state index in [1.807, 2.05) is 41.5 Å². The van der Waals surface area contributed by atoms with Crippen molar-refractivity contribution in [3.63, 3.8) is 0 Å². The minimum Gasteiger partial charge on any atom is -0.444 e. The van der Waals surface area contributed by atoms with E-state index in [1.165, 1.54) is 12.4 Å². The zero-order valence-electron chi connectivity index (χ0n) is 18.6. The first-order valence-electron chi connectivity index (χ1n) is 9.89. The van der Waals surface area contributed by atoms with E-state index in [4.69, 9.17) is 4.74 Å². The molecule has 30 heavy (non-hydrogen) atoms. The molecular formula is C19H35F2IN6O2. The lowest BCUT2D eigenvalue weighted by molar-refractivity contribution is 0.0448. The molecule has 1 amide bonds. The van der Waals surface area contributed by atoms with Gasteiger partial charge in [-0.05, 0) is 40.5 Å². The fourth-order valence-electron chi connectivity index (χ4n) is 2.63. The van der Waals surface area contributed by atoms with Crippen LogP contribution in [0, 0.1) is 0 Å². The molecule has 0 bridgehead atoms. The van der Waals surface area contributed by atoms with Crippen molar-refractivity contribution in [2.45, 2.75) is 78.6 Å². The van der Waals surface area contributed by atoms with Crippen LogP contribution in [-0.4, -0.2) is 45.8 Å². The molecule has 0 unspecified atom stereocenters. The smallest absolute Gasteiger partial charge is 0.408 e. The molecule has 0 spiro atoms. The Morgan fingerprint density at radius 3 is 2.37 bits per heavy atom. The van der Waals surface area contributed by atoms with Gasteiger partial charge in [0, 0.05) is 25.5 Å². The van der Waals surface area contributed by atoms with Crippen molar-refractivity contribution < 1.29 is 18.3 Å². The highest BCUT2D eigenvalue weighted by atomic mass is 127. The number of nitrogens with zero attached hydrogens (tertiary/aromatic N) is 3. The Labute approximate surface area is 194 Å². The van der Waals surface area contributed by atoms with Gasteiger partial charge in [-0.25, -0.2) is 14.8 Å². The van der Waals surface area contributed by atoms with E-state index >= 15 is 0 Å². The molecule has 0 aliphatic carbocycles. The number of amides is 1. The van der Waals surface area contributed by atoms with Gasteiger partial charge in [-0.2, -0.15) is 8.78 Å². The topological polar surface area (TPSA) is 92.6 Å². The van der Waals surface area contributed by atoms with Crippen molar-refractivity contribution in [3.8, 4) is 0 Å². The number of ether oxygens (including phenoxy) is 1. The molecule has 8 nitrogen and oxygen atoms in total. The molecule has 1 rings (SSSR count). The van der Waals surface area contributed by atoms with Crippen molar-refractivity contribution in [2.75, 3.05) is 13.1 Å². The summed E-state index contributed by atoms with van der Waals surface area (Å²) in [7, 11) is 0. The second-order valence-electron chi connectivity index (χ2n) is 7.69. The maximum Gasteiger partial charge on any atom is 0.408 e. The van der Waals surface area contributed by atoms with Gasteiger partial charge in [-0.15, -0.1) is 24.0 Å². The van der Waals surface area contributed by atoms with Crippen molar-refractivity contribution in [3.05, 3.63) is 18.2 Å². The summed E-state index contributed by atoms with van der Waals surface area (Å²) in [6.45, 7) is 9.62. The van der Waals surface area contributed by atoms with Crippen LogP contribution in [0.4, 0.5) is 13.6 Å². The van der Waals surface area contributed by atoms with Gasteiger partial charge in [0.1, 0.15) is 18.0 Å². The van der Waals surface area contributed by atoms with Crippen LogP contribution in [-0.2, 0) is 11.3 Å². The van der Waals surface area contributed by atoms with E-state index in [2.05, 4.69) is 25.9 Å². The van der Waals surface area contributed by atoms with Gasteiger partial charge < -0.3 is 20.7 Å². The van der Waals surface area contributed by atoms with Gasteiger partial charge in [0.25, 0.3) is 0 Å². The van der Waals surface area contributed by atoms with Gasteiger partial charge in [-0.1, -0.05) is 13.8 Å². The Kier molecular flexibility index (Phi) is 12.2. The van der Waals surface area contributed by atoms with Gasteiger partial charge in [-0.3, -0.25) is 4.57 Å². The average molecular weight is 544 g/mol. The lowest BCUT2D eigenvalue weighted by Gasteiger charge is -2.34. The summed E-state index contributed by atoms with van der Waals surface area (Å²) in [6, 6.07) is 0. The van der Waals surface area contributed by atoms with Crippen LogP contribution in [0.2, 0.25) is 0 Å². The highest BCUT2D eigenvalue weighted by molar-refractivity contribution is 14.0. The number of hydrogen-bond acceptors (Lipinski definition) is 4. The first kappa shape index (κ1) is 28.3. The fourth-order valence-corrected chi connectivity index (χ4v) is 2.63. The summed E-state index contributed by atoms with van der Waals surface area (Å²) < 4.78 is 32.1. The molecule has 0 radical (unpaired) electrons. The quantitative estimate of drug-likeness (QED) is 0.248. The van der Waals surface area contributed by atoms with E-state index < -0.39 is 23.8 Å². The Bertz CT molecular complexity index is 672. The van der Waals surface area contributed by atoms with Crippen molar-refractivity contribution in [1.82, 2.24) is 25.5 Å². The molecule has 0 fully saturated rings. The lowest BCUT2D eigenvalue weighted by Crippen LogP contribution is -2.57. The largest absolute Gasteiger partial charge is 0.444 e. The summed E-state index contributed by atoms with van der Waals surface area (Å²) >= 11 is 0. The number of aromatic nitrogens is 2. The number of rotatable bonds is 9. The Morgan fingerprint density at radius 2 is 1.87 bits per heavy atom. The van der Waals surface area contributed by atoms with E-state index in [0.29, 0.717) is 31.9 Å². The maximum atomic E-state index is 13.0. The number of alkyl carbamates (subject to hydrolysis) is 1. The second kappa shape index (κ2) is 12.9. The Morgan fingerprint density at radius 1 is 1.23 bits per heavy atom. The highest BCUT2D eigenvalue weighted by Crippen LogP contribution is 2.16. The Hall–Kier alpha value is -1.66. The molecule has 0 saturated carbocycles. The number of aliphatic imine (C=N–C) groups is 1. The van der Waals surface area contributed by atoms with Crippen LogP contribution >= 0.6 is 24.0 Å². The summed E-state index contributed by atoms with van der Waals surface area (Å²) in [5, 5.41) is 9.22. The molecule has 1 aromatic rings. The number of nitrogens with one attached hydrogen (secondary N) is 3. The van der Waals surface area contributed by atoms with Crippen LogP contribution in [0.25, 0.3) is 0 Å². The molecule has 174 valence electrons. The van der Waals surface area contributed by atoms with Crippen LogP contribution in [0.3, 0.4) is 0 Å². The number of hydrogen-bond donors (Lipinski definition) is 3. The third kappa shape index (κ3) is 9.43. The number of carbonyl (C=O) groups is 1. The molecule has 3 N–H and O–H groups in total. The van der Waals surface area contributed by atoms with E-state index in [0.717, 1.165) is 4.57 Å². The molecule has 0 aromatic carbocycles. The Balaban J connectivity index is 0.00000841. The van der Waals surface area contributed by atoms with Crippen molar-refractivity contribution in [2.24, 2.45) is 4.99 Å². The number of carbonyl (C=O) groups excluding carboxylic acids is 1. The third-order valence-corrected chi connectivity index (χ3v) is 4.40. The zero-order valence-corrected chi connectivity index (χ0v) is 20.9. The molecule has 0 aliphatic rings. The normalized spacial score (nSPS) is 12.4. The van der Waals surface area contributed by atoms with Gasteiger partial charge >= 0.3 is 12.6 Å². The molecule has 0 saturated heterocycles. The zero-order chi connectivity index (χ0) is 22.1. The molecular weight excluding hydrogens is 509 g/mol. The SMILES string of the molecule is CCNC(=NCc1nccn1C(F)F)NCC(CC)(CC)NC(=O)OC(C)(C)C.I. The standard InChI is InChI=1S/C19H34F2N6O2.HI/c1-7-19(8-2,26-17(28)29-18(4,5)6)13-25-16(22-9-3)24-12-14-23-10-11-27(14)15(20)21;/h10-11,15H,7-9,12-13H2,1-6H3,(H,26,28)(H2,22,24,25);1H. The van der Waals surface area contributed by atoms with E-state index in [9.17, 15) is 13.6 Å². The van der Waals surface area contributed by atoms with Crippen LogP contribution < -0.4 is 16.0 Å². The van der Waals surface area contributed by atoms with Crippen molar-refractivity contribution in [1.29, 1.82) is 0 Å². The minimum atomic E-state index is -2.66. The lowest BCUT2D eigenvalue weighted by atomic mass is 9.93. The minimum absolute atomic E-state index is 0. The maximum absolute atomic E-state index is 13.0. The first-order chi connectivity index (χ1) is 13.6. The predicted octanol–water partition coefficient (Wildman–Crippen LogP) is 4.03. The monoisotopic (exact) mass is 544 g/mol. The van der Waals surface area contributed by atoms with Crippen LogP contribution in [0.5, 0.6) is 0 Å². The summed E-state index contributed by atoms with van der Waals surface area (Å²) in [5.41, 5.74) is -1.13. The molecule has 1 heterocycles. The fraction of sp³-hybridized carbons (Fsp3) is 0.737. The summed E-state index contributed by atoms with van der Waals surface area (Å²) in [5.74, 6) is 0.620. The number of imidazole rings is 1. The molecule has 1 aromatic heterocycles. The molecule has 0 atom stereocenters.